The normalized spacial score (nSPS) is 16.8. The van der Waals surface area contributed by atoms with Crippen LogP contribution in [0.25, 0.3) is 0 Å². The number of anilines is 2. The Labute approximate surface area is 127 Å². The van der Waals surface area contributed by atoms with E-state index in [1.807, 2.05) is 13.0 Å². The van der Waals surface area contributed by atoms with Crippen molar-refractivity contribution >= 4 is 11.6 Å². The van der Waals surface area contributed by atoms with Crippen LogP contribution in [0.5, 0.6) is 0 Å². The van der Waals surface area contributed by atoms with E-state index in [0.29, 0.717) is 0 Å². The smallest absolute Gasteiger partial charge is 0.132 e. The minimum absolute atomic E-state index is 0.00807. The molecule has 0 spiro atoms. The Morgan fingerprint density at radius 1 is 1.19 bits per heavy atom. The summed E-state index contributed by atoms with van der Waals surface area (Å²) in [5.41, 5.74) is -0.00807. The highest BCUT2D eigenvalue weighted by Gasteiger charge is 2.12. The molecule has 1 aliphatic heterocycles. The van der Waals surface area contributed by atoms with Crippen LogP contribution in [-0.4, -0.2) is 59.8 Å². The average molecular weight is 293 g/mol. The number of nitrogens with one attached hydrogen (secondary N) is 2. The van der Waals surface area contributed by atoms with Crippen molar-refractivity contribution in [3.8, 4) is 0 Å². The van der Waals surface area contributed by atoms with E-state index in [1.54, 1.807) is 0 Å². The molecule has 21 heavy (non-hydrogen) atoms. The van der Waals surface area contributed by atoms with E-state index in [1.165, 1.54) is 0 Å². The molecule has 6 heteroatoms. The van der Waals surface area contributed by atoms with Crippen molar-refractivity contribution in [2.75, 3.05) is 50.0 Å². The Kier molecular flexibility index (Phi) is 5.36. The van der Waals surface area contributed by atoms with Crippen molar-refractivity contribution in [1.29, 1.82) is 0 Å². The van der Waals surface area contributed by atoms with Gasteiger partial charge in [-0.1, -0.05) is 0 Å². The molecule has 118 valence electrons. The molecule has 1 fully saturated rings. The molecule has 0 amide bonds. The number of nitrogens with zero attached hydrogens (tertiary/aromatic N) is 3. The molecular weight excluding hydrogens is 266 g/mol. The fourth-order valence-electron chi connectivity index (χ4n) is 2.27. The van der Waals surface area contributed by atoms with E-state index in [2.05, 4.69) is 46.3 Å². The number of ether oxygens (including phenoxy) is 1. The largest absolute Gasteiger partial charge is 0.379 e. The first-order valence-corrected chi connectivity index (χ1v) is 7.60. The van der Waals surface area contributed by atoms with Crippen LogP contribution in [0.15, 0.2) is 6.07 Å². The molecule has 1 saturated heterocycles. The summed E-state index contributed by atoms with van der Waals surface area (Å²) in [6, 6.07) is 1.97. The SMILES string of the molecule is Cc1nc(NCCN2CCOCC2)cc(NC(C)(C)C)n1. The van der Waals surface area contributed by atoms with Crippen LogP contribution in [0.4, 0.5) is 11.6 Å². The van der Waals surface area contributed by atoms with Crippen LogP contribution in [0.2, 0.25) is 0 Å². The lowest BCUT2D eigenvalue weighted by Gasteiger charge is -2.26. The van der Waals surface area contributed by atoms with Crippen molar-refractivity contribution in [3.63, 3.8) is 0 Å². The van der Waals surface area contributed by atoms with Crippen LogP contribution >= 0.6 is 0 Å². The van der Waals surface area contributed by atoms with Gasteiger partial charge in [-0.15, -0.1) is 0 Å². The molecule has 6 nitrogen and oxygen atoms in total. The number of morpholine rings is 1. The topological polar surface area (TPSA) is 62.3 Å². The molecule has 2 rings (SSSR count). The van der Waals surface area contributed by atoms with E-state index in [-0.39, 0.29) is 5.54 Å². The highest BCUT2D eigenvalue weighted by Crippen LogP contribution is 2.15. The standard InChI is InChI=1S/C15H27N5O/c1-12-17-13(11-14(18-12)19-15(2,3)4)16-5-6-20-7-9-21-10-8-20/h11H,5-10H2,1-4H3,(H2,16,17,18,19). The van der Waals surface area contributed by atoms with Crippen LogP contribution in [0, 0.1) is 6.92 Å². The maximum absolute atomic E-state index is 5.35. The average Bonchev–Trinajstić information content (AvgIpc) is 2.37. The molecule has 0 atom stereocenters. The maximum atomic E-state index is 5.35. The zero-order valence-electron chi connectivity index (χ0n) is 13.6. The highest BCUT2D eigenvalue weighted by atomic mass is 16.5. The highest BCUT2D eigenvalue weighted by molar-refractivity contribution is 5.48. The Bertz CT molecular complexity index is 452. The zero-order chi connectivity index (χ0) is 15.3. The molecule has 1 aliphatic rings. The van der Waals surface area contributed by atoms with Crippen molar-refractivity contribution in [2.24, 2.45) is 0 Å². The molecule has 0 unspecified atom stereocenters. The summed E-state index contributed by atoms with van der Waals surface area (Å²) in [6.07, 6.45) is 0. The zero-order valence-corrected chi connectivity index (χ0v) is 13.6. The quantitative estimate of drug-likeness (QED) is 0.862. The summed E-state index contributed by atoms with van der Waals surface area (Å²) in [7, 11) is 0. The number of rotatable bonds is 5. The molecule has 1 aromatic heterocycles. The van der Waals surface area contributed by atoms with E-state index < -0.39 is 0 Å². The minimum Gasteiger partial charge on any atom is -0.379 e. The summed E-state index contributed by atoms with van der Waals surface area (Å²) in [5, 5.41) is 6.77. The summed E-state index contributed by atoms with van der Waals surface area (Å²) >= 11 is 0. The van der Waals surface area contributed by atoms with Gasteiger partial charge in [0, 0.05) is 37.8 Å². The second-order valence-corrected chi connectivity index (χ2v) is 6.44. The first kappa shape index (κ1) is 16.0. The van der Waals surface area contributed by atoms with Gasteiger partial charge < -0.3 is 15.4 Å². The van der Waals surface area contributed by atoms with Gasteiger partial charge in [0.05, 0.1) is 13.2 Å². The molecule has 0 radical (unpaired) electrons. The van der Waals surface area contributed by atoms with Gasteiger partial charge in [-0.3, -0.25) is 4.90 Å². The predicted molar refractivity (Wildman–Crippen MR) is 85.9 cm³/mol. The third-order valence-corrected chi connectivity index (χ3v) is 3.18. The molecule has 0 aromatic carbocycles. The molecule has 0 saturated carbocycles. The van der Waals surface area contributed by atoms with Gasteiger partial charge >= 0.3 is 0 Å². The fraction of sp³-hybridized carbons (Fsp3) is 0.733. The Balaban J connectivity index is 1.87. The molecule has 1 aromatic rings. The summed E-state index contributed by atoms with van der Waals surface area (Å²) in [5.74, 6) is 2.52. The van der Waals surface area contributed by atoms with Crippen LogP contribution in [0.1, 0.15) is 26.6 Å². The number of hydrogen-bond acceptors (Lipinski definition) is 6. The summed E-state index contributed by atoms with van der Waals surface area (Å²) in [4.78, 5) is 11.3. The van der Waals surface area contributed by atoms with Gasteiger partial charge in [-0.05, 0) is 27.7 Å². The van der Waals surface area contributed by atoms with Crippen molar-refractivity contribution in [3.05, 3.63) is 11.9 Å². The first-order valence-electron chi connectivity index (χ1n) is 7.60. The molecular formula is C15H27N5O. The second kappa shape index (κ2) is 7.04. The maximum Gasteiger partial charge on any atom is 0.132 e. The third kappa shape index (κ3) is 5.85. The Morgan fingerprint density at radius 3 is 2.52 bits per heavy atom. The van der Waals surface area contributed by atoms with Crippen LogP contribution < -0.4 is 10.6 Å². The van der Waals surface area contributed by atoms with E-state index in [0.717, 1.165) is 56.9 Å². The lowest BCUT2D eigenvalue weighted by molar-refractivity contribution is 0.0398. The molecule has 2 heterocycles. The summed E-state index contributed by atoms with van der Waals surface area (Å²) < 4.78 is 5.35. The molecule has 0 bridgehead atoms. The van der Waals surface area contributed by atoms with Crippen molar-refractivity contribution in [2.45, 2.75) is 33.2 Å². The first-order chi connectivity index (χ1) is 9.92. The second-order valence-electron chi connectivity index (χ2n) is 6.44. The number of hydrogen-bond donors (Lipinski definition) is 2. The van der Waals surface area contributed by atoms with Gasteiger partial charge in [0.2, 0.25) is 0 Å². The molecule has 2 N–H and O–H groups in total. The number of aromatic nitrogens is 2. The molecule has 0 aliphatic carbocycles. The van der Waals surface area contributed by atoms with E-state index in [4.69, 9.17) is 4.74 Å². The fourth-order valence-corrected chi connectivity index (χ4v) is 2.27. The van der Waals surface area contributed by atoms with Crippen LogP contribution in [-0.2, 0) is 4.74 Å². The van der Waals surface area contributed by atoms with Gasteiger partial charge in [0.1, 0.15) is 17.5 Å². The minimum atomic E-state index is -0.00807. The van der Waals surface area contributed by atoms with E-state index >= 15 is 0 Å². The van der Waals surface area contributed by atoms with Gasteiger partial charge in [0.25, 0.3) is 0 Å². The predicted octanol–water partition coefficient (Wildman–Crippen LogP) is 1.74. The number of aryl methyl sites for hydroxylation is 1. The van der Waals surface area contributed by atoms with Gasteiger partial charge in [-0.2, -0.15) is 0 Å². The Morgan fingerprint density at radius 2 is 1.86 bits per heavy atom. The monoisotopic (exact) mass is 293 g/mol. The third-order valence-electron chi connectivity index (χ3n) is 3.18. The summed E-state index contributed by atoms with van der Waals surface area (Å²) in [6.45, 7) is 13.9. The van der Waals surface area contributed by atoms with Crippen LogP contribution in [0.3, 0.4) is 0 Å². The van der Waals surface area contributed by atoms with Crippen molar-refractivity contribution in [1.82, 2.24) is 14.9 Å². The lowest BCUT2D eigenvalue weighted by atomic mass is 10.1. The van der Waals surface area contributed by atoms with Crippen molar-refractivity contribution < 1.29 is 4.74 Å². The lowest BCUT2D eigenvalue weighted by Crippen LogP contribution is -2.39. The van der Waals surface area contributed by atoms with E-state index in [9.17, 15) is 0 Å². The Hall–Kier alpha value is -1.40. The van der Waals surface area contributed by atoms with Gasteiger partial charge in [0.15, 0.2) is 0 Å². The van der Waals surface area contributed by atoms with Gasteiger partial charge in [-0.25, -0.2) is 9.97 Å².